The first kappa shape index (κ1) is 13.2. The van der Waals surface area contributed by atoms with Crippen molar-refractivity contribution in [1.82, 2.24) is 0 Å². The topological polar surface area (TPSA) is 9.23 Å². The lowest BCUT2D eigenvalue weighted by Gasteiger charge is -2.14. The summed E-state index contributed by atoms with van der Waals surface area (Å²) in [5.41, 5.74) is 0. The van der Waals surface area contributed by atoms with Gasteiger partial charge in [0.2, 0.25) is 0 Å². The Morgan fingerprint density at radius 3 is 2.08 bits per heavy atom. The Morgan fingerprint density at radius 2 is 1.54 bits per heavy atom. The summed E-state index contributed by atoms with van der Waals surface area (Å²) in [5.74, 6) is 0. The monoisotopic (exact) mass is 202 g/mol. The van der Waals surface area contributed by atoms with Crippen LogP contribution in [0.25, 0.3) is 0 Å². The van der Waals surface area contributed by atoms with Crippen LogP contribution >= 0.6 is 0 Å². The van der Waals surface area contributed by atoms with Crippen LogP contribution in [0.3, 0.4) is 0 Å². The third-order valence-corrected chi connectivity index (χ3v) is 3.26. The molecule has 0 amide bonds. The maximum atomic E-state index is 5.57. The first-order chi connectivity index (χ1) is 6.35. The van der Waals surface area contributed by atoms with Crippen molar-refractivity contribution < 1.29 is 4.43 Å². The molecule has 0 aliphatic heterocycles. The van der Waals surface area contributed by atoms with Crippen LogP contribution in [-0.4, -0.2) is 16.6 Å². The van der Waals surface area contributed by atoms with Crippen molar-refractivity contribution in [3.05, 3.63) is 0 Å². The van der Waals surface area contributed by atoms with Crippen LogP contribution in [0.2, 0.25) is 0 Å². The van der Waals surface area contributed by atoms with Crippen molar-refractivity contribution in [2.24, 2.45) is 0 Å². The minimum atomic E-state index is 0.587. The second-order valence-corrected chi connectivity index (χ2v) is 4.32. The molecule has 0 rings (SSSR count). The molecule has 1 unspecified atom stereocenters. The molecule has 1 atom stereocenters. The molecule has 0 fully saturated rings. The number of hydrogen-bond donors (Lipinski definition) is 0. The fourth-order valence-corrected chi connectivity index (χ4v) is 2.08. The largest absolute Gasteiger partial charge is 0.425 e. The van der Waals surface area contributed by atoms with Gasteiger partial charge in [-0.05, 0) is 12.8 Å². The zero-order valence-electron chi connectivity index (χ0n) is 9.64. The van der Waals surface area contributed by atoms with E-state index in [9.17, 15) is 0 Å². The normalized spacial score (nSPS) is 13.4. The Labute approximate surface area is 86.8 Å². The standard InChI is InChI=1S/C11H26OSi/c1-3-5-7-8-10-11(12-13)9-6-4-2/h11H,3-10H2,1-2,13H3. The van der Waals surface area contributed by atoms with Gasteiger partial charge in [-0.3, -0.25) is 0 Å². The molecule has 0 aliphatic rings. The average Bonchev–Trinajstić information content (AvgIpc) is 2.17. The summed E-state index contributed by atoms with van der Waals surface area (Å²) in [5, 5.41) is 0. The maximum Gasteiger partial charge on any atom is 0.146 e. The van der Waals surface area contributed by atoms with Gasteiger partial charge < -0.3 is 4.43 Å². The van der Waals surface area contributed by atoms with E-state index in [0.717, 1.165) is 10.5 Å². The molecule has 0 saturated heterocycles. The first-order valence-corrected chi connectivity index (χ1v) is 6.69. The third-order valence-electron chi connectivity index (χ3n) is 2.59. The van der Waals surface area contributed by atoms with Gasteiger partial charge in [-0.2, -0.15) is 0 Å². The van der Waals surface area contributed by atoms with Crippen molar-refractivity contribution in [2.45, 2.75) is 71.3 Å². The summed E-state index contributed by atoms with van der Waals surface area (Å²) in [6.45, 7) is 4.51. The van der Waals surface area contributed by atoms with E-state index in [1.54, 1.807) is 0 Å². The van der Waals surface area contributed by atoms with Crippen LogP contribution in [0.15, 0.2) is 0 Å². The van der Waals surface area contributed by atoms with Crippen LogP contribution < -0.4 is 0 Å². The van der Waals surface area contributed by atoms with E-state index in [-0.39, 0.29) is 0 Å². The van der Waals surface area contributed by atoms with Gasteiger partial charge in [-0.25, -0.2) is 0 Å². The van der Waals surface area contributed by atoms with Crippen LogP contribution in [0.4, 0.5) is 0 Å². The maximum absolute atomic E-state index is 5.57. The van der Waals surface area contributed by atoms with Crippen molar-refractivity contribution in [2.75, 3.05) is 0 Å². The zero-order valence-corrected chi connectivity index (χ0v) is 11.6. The molecule has 13 heavy (non-hydrogen) atoms. The summed E-state index contributed by atoms with van der Waals surface area (Å²) in [6.07, 6.45) is 11.3. The highest BCUT2D eigenvalue weighted by Gasteiger charge is 2.04. The molecule has 0 N–H and O–H groups in total. The molecule has 0 radical (unpaired) electrons. The van der Waals surface area contributed by atoms with Gasteiger partial charge in [0.1, 0.15) is 10.5 Å². The average molecular weight is 202 g/mol. The molecule has 1 nitrogen and oxygen atoms in total. The van der Waals surface area contributed by atoms with Crippen LogP contribution in [0.5, 0.6) is 0 Å². The number of unbranched alkanes of at least 4 members (excludes halogenated alkanes) is 4. The van der Waals surface area contributed by atoms with E-state index in [1.807, 2.05) is 0 Å². The Bertz CT molecular complexity index is 96.1. The summed E-state index contributed by atoms with van der Waals surface area (Å²) in [7, 11) is 0.908. The van der Waals surface area contributed by atoms with Gasteiger partial charge in [0, 0.05) is 6.10 Å². The Kier molecular flexibility index (Phi) is 10.4. The van der Waals surface area contributed by atoms with Crippen molar-refractivity contribution in [3.63, 3.8) is 0 Å². The quantitative estimate of drug-likeness (QED) is 0.413. The van der Waals surface area contributed by atoms with E-state index >= 15 is 0 Å². The molecule has 0 bridgehead atoms. The first-order valence-electron chi connectivity index (χ1n) is 5.87. The van der Waals surface area contributed by atoms with Gasteiger partial charge in [0.05, 0.1) is 0 Å². The Morgan fingerprint density at radius 1 is 0.923 bits per heavy atom. The second kappa shape index (κ2) is 10.3. The van der Waals surface area contributed by atoms with E-state index in [1.165, 1.54) is 51.4 Å². The lowest BCUT2D eigenvalue weighted by atomic mass is 10.1. The molecule has 0 aromatic heterocycles. The van der Waals surface area contributed by atoms with Crippen LogP contribution in [0, 0.1) is 0 Å². The molecule has 0 heterocycles. The summed E-state index contributed by atoms with van der Waals surface area (Å²) in [4.78, 5) is 0. The highest BCUT2D eigenvalue weighted by Crippen LogP contribution is 2.12. The number of rotatable bonds is 9. The van der Waals surface area contributed by atoms with E-state index in [2.05, 4.69) is 13.8 Å². The Hall–Kier alpha value is 0.177. The minimum absolute atomic E-state index is 0.587. The molecule has 0 spiro atoms. The molecule has 0 saturated carbocycles. The molecule has 2 heteroatoms. The molecular weight excluding hydrogens is 176 g/mol. The SMILES string of the molecule is CCCCCCC(CCCC)O[SiH3]. The van der Waals surface area contributed by atoms with Crippen molar-refractivity contribution >= 4 is 10.5 Å². The molecule has 80 valence electrons. The van der Waals surface area contributed by atoms with Crippen molar-refractivity contribution in [1.29, 1.82) is 0 Å². The van der Waals surface area contributed by atoms with Gasteiger partial charge >= 0.3 is 0 Å². The predicted molar refractivity (Wildman–Crippen MR) is 63.1 cm³/mol. The highest BCUT2D eigenvalue weighted by atomic mass is 28.2. The summed E-state index contributed by atoms with van der Waals surface area (Å²) < 4.78 is 5.57. The summed E-state index contributed by atoms with van der Waals surface area (Å²) >= 11 is 0. The van der Waals surface area contributed by atoms with E-state index in [0.29, 0.717) is 6.10 Å². The van der Waals surface area contributed by atoms with Crippen LogP contribution in [0.1, 0.15) is 65.2 Å². The van der Waals surface area contributed by atoms with E-state index in [4.69, 9.17) is 4.43 Å². The minimum Gasteiger partial charge on any atom is -0.425 e. The number of hydrogen-bond acceptors (Lipinski definition) is 1. The van der Waals surface area contributed by atoms with Gasteiger partial charge in [0.15, 0.2) is 0 Å². The van der Waals surface area contributed by atoms with E-state index < -0.39 is 0 Å². The lowest BCUT2D eigenvalue weighted by molar-refractivity contribution is 0.190. The highest BCUT2D eigenvalue weighted by molar-refractivity contribution is 5.98. The van der Waals surface area contributed by atoms with Gasteiger partial charge in [0.25, 0.3) is 0 Å². The third kappa shape index (κ3) is 8.51. The summed E-state index contributed by atoms with van der Waals surface area (Å²) in [6, 6.07) is 0. The molecule has 0 aromatic carbocycles. The molecule has 0 aromatic rings. The zero-order chi connectivity index (χ0) is 9.94. The molecule has 0 aliphatic carbocycles. The van der Waals surface area contributed by atoms with Gasteiger partial charge in [-0.1, -0.05) is 52.4 Å². The van der Waals surface area contributed by atoms with Gasteiger partial charge in [-0.15, -0.1) is 0 Å². The predicted octanol–water partition coefficient (Wildman–Crippen LogP) is 2.81. The smallest absolute Gasteiger partial charge is 0.146 e. The molecular formula is C11H26OSi. The fraction of sp³-hybridized carbons (Fsp3) is 1.00. The second-order valence-electron chi connectivity index (χ2n) is 3.85. The fourth-order valence-electron chi connectivity index (χ4n) is 1.61. The lowest BCUT2D eigenvalue weighted by Crippen LogP contribution is -2.10. The van der Waals surface area contributed by atoms with Crippen molar-refractivity contribution in [3.8, 4) is 0 Å². The Balaban J connectivity index is 3.25. The van der Waals surface area contributed by atoms with Crippen LogP contribution in [-0.2, 0) is 4.43 Å².